The Kier molecular flexibility index (Phi) is 3.72. The zero-order valence-electron chi connectivity index (χ0n) is 15.0. The summed E-state index contributed by atoms with van der Waals surface area (Å²) in [5.74, 6) is 0.448. The second kappa shape index (κ2) is 6.39. The maximum atomic E-state index is 13.4. The Hall–Kier alpha value is -3.86. The third kappa shape index (κ3) is 2.48. The quantitative estimate of drug-likeness (QED) is 0.523. The van der Waals surface area contributed by atoms with E-state index in [1.165, 1.54) is 0 Å². The molecule has 5 heteroatoms. The summed E-state index contributed by atoms with van der Waals surface area (Å²) in [6, 6.07) is 26.7. The van der Waals surface area contributed by atoms with Gasteiger partial charge in [-0.1, -0.05) is 78.9 Å². The molecule has 3 aromatic carbocycles. The van der Waals surface area contributed by atoms with E-state index < -0.39 is 0 Å². The lowest BCUT2D eigenvalue weighted by molar-refractivity contribution is 0.462. The lowest BCUT2D eigenvalue weighted by Gasteiger charge is -2.14. The summed E-state index contributed by atoms with van der Waals surface area (Å²) < 4.78 is 3.38. The monoisotopic (exact) mass is 367 g/mol. The van der Waals surface area contributed by atoms with Crippen molar-refractivity contribution in [2.75, 3.05) is 0 Å². The first-order chi connectivity index (χ1) is 13.7. The number of imidazole rings is 1. The summed E-state index contributed by atoms with van der Waals surface area (Å²) in [4.78, 5) is 17.8. The van der Waals surface area contributed by atoms with Gasteiger partial charge >= 0.3 is 0 Å². The first-order valence-corrected chi connectivity index (χ1v) is 9.06. The van der Waals surface area contributed by atoms with E-state index in [2.05, 4.69) is 4.98 Å². The number of nitrogens with zero attached hydrogens (tertiary/aromatic N) is 3. The molecule has 28 heavy (non-hydrogen) atoms. The normalized spacial score (nSPS) is 11.3. The van der Waals surface area contributed by atoms with Gasteiger partial charge in [0.25, 0.3) is 5.56 Å². The van der Waals surface area contributed by atoms with Crippen LogP contribution in [0.5, 0.6) is 5.88 Å². The summed E-state index contributed by atoms with van der Waals surface area (Å²) >= 11 is 0. The van der Waals surface area contributed by atoms with E-state index in [9.17, 15) is 9.90 Å². The van der Waals surface area contributed by atoms with Crippen LogP contribution in [0.25, 0.3) is 27.7 Å². The van der Waals surface area contributed by atoms with Crippen molar-refractivity contribution in [2.45, 2.75) is 6.54 Å². The minimum Gasteiger partial charge on any atom is -0.492 e. The van der Waals surface area contributed by atoms with E-state index in [0.717, 1.165) is 11.1 Å². The van der Waals surface area contributed by atoms with Gasteiger partial charge in [-0.25, -0.2) is 9.20 Å². The van der Waals surface area contributed by atoms with Crippen LogP contribution in [0.1, 0.15) is 5.56 Å². The van der Waals surface area contributed by atoms with Gasteiger partial charge < -0.3 is 5.11 Å². The van der Waals surface area contributed by atoms with E-state index in [0.29, 0.717) is 28.7 Å². The molecule has 1 N–H and O–H groups in total. The second-order valence-electron chi connectivity index (χ2n) is 6.68. The van der Waals surface area contributed by atoms with Gasteiger partial charge in [0.05, 0.1) is 11.9 Å². The van der Waals surface area contributed by atoms with Crippen molar-refractivity contribution in [3.8, 4) is 17.3 Å². The van der Waals surface area contributed by atoms with Gasteiger partial charge in [-0.05, 0) is 11.6 Å². The molecule has 0 unspecified atom stereocenters. The molecular weight excluding hydrogens is 350 g/mol. The van der Waals surface area contributed by atoms with Crippen molar-refractivity contribution in [1.82, 2.24) is 14.2 Å². The molecule has 5 rings (SSSR count). The van der Waals surface area contributed by atoms with Gasteiger partial charge in [0.1, 0.15) is 5.52 Å². The zero-order chi connectivity index (χ0) is 19.1. The molecule has 0 aliphatic rings. The summed E-state index contributed by atoms with van der Waals surface area (Å²) in [6.07, 6.45) is 0. The molecule has 0 amide bonds. The molecule has 2 aromatic heterocycles. The molecule has 0 radical (unpaired) electrons. The highest BCUT2D eigenvalue weighted by molar-refractivity contribution is 5.98. The van der Waals surface area contributed by atoms with Crippen molar-refractivity contribution in [3.05, 3.63) is 101 Å². The van der Waals surface area contributed by atoms with E-state index in [-0.39, 0.29) is 11.4 Å². The van der Waals surface area contributed by atoms with E-state index >= 15 is 0 Å². The van der Waals surface area contributed by atoms with Gasteiger partial charge in [0, 0.05) is 10.9 Å². The maximum Gasteiger partial charge on any atom is 0.273 e. The summed E-state index contributed by atoms with van der Waals surface area (Å²) in [5.41, 5.74) is 2.23. The number of hydrogen-bond donors (Lipinski definition) is 1. The first kappa shape index (κ1) is 16.3. The molecular formula is C23H17N3O2. The molecule has 0 spiro atoms. The molecule has 0 atom stereocenters. The third-order valence-electron chi connectivity index (χ3n) is 4.93. The van der Waals surface area contributed by atoms with Crippen LogP contribution in [0.3, 0.4) is 0 Å². The Morgan fingerprint density at radius 1 is 0.786 bits per heavy atom. The first-order valence-electron chi connectivity index (χ1n) is 9.06. The number of aromatic nitrogens is 3. The lowest BCUT2D eigenvalue weighted by Crippen LogP contribution is -2.27. The highest BCUT2D eigenvalue weighted by Gasteiger charge is 2.20. The Balaban J connectivity index is 1.92. The SMILES string of the molecule is O=c1c2ccccc2c2c(O)nc(-c3ccccc3)n2n1Cc1ccccc1. The molecule has 0 aliphatic carbocycles. The highest BCUT2D eigenvalue weighted by atomic mass is 16.3. The van der Waals surface area contributed by atoms with Crippen molar-refractivity contribution >= 4 is 16.3 Å². The van der Waals surface area contributed by atoms with Gasteiger partial charge in [0.15, 0.2) is 5.82 Å². The van der Waals surface area contributed by atoms with Gasteiger partial charge in [-0.3, -0.25) is 4.79 Å². The Bertz CT molecular complexity index is 1350. The van der Waals surface area contributed by atoms with Crippen LogP contribution in [0.2, 0.25) is 0 Å². The molecule has 0 saturated carbocycles. The average Bonchev–Trinajstić information content (AvgIpc) is 3.10. The van der Waals surface area contributed by atoms with Crippen LogP contribution < -0.4 is 5.56 Å². The molecule has 0 bridgehead atoms. The standard InChI is InChI=1S/C23H17N3O2/c27-22-20-18-13-7-8-14-19(18)23(28)25(15-16-9-3-1-4-10-16)26(20)21(24-22)17-11-5-2-6-12-17/h1-14,27H,15H2. The smallest absolute Gasteiger partial charge is 0.273 e. The van der Waals surface area contributed by atoms with Gasteiger partial charge in [0.2, 0.25) is 5.88 Å². The van der Waals surface area contributed by atoms with Crippen molar-refractivity contribution in [2.24, 2.45) is 0 Å². The molecule has 5 aromatic rings. The van der Waals surface area contributed by atoms with Gasteiger partial charge in [-0.15, -0.1) is 0 Å². The predicted octanol–water partition coefficient (Wildman–Crippen LogP) is 4.07. The largest absolute Gasteiger partial charge is 0.492 e. The molecule has 0 aliphatic heterocycles. The minimum absolute atomic E-state index is 0.0862. The number of aromatic hydroxyl groups is 1. The number of rotatable bonds is 3. The zero-order valence-corrected chi connectivity index (χ0v) is 15.0. The molecule has 136 valence electrons. The topological polar surface area (TPSA) is 59.5 Å². The van der Waals surface area contributed by atoms with E-state index in [1.54, 1.807) is 15.3 Å². The van der Waals surface area contributed by atoms with Gasteiger partial charge in [-0.2, -0.15) is 4.98 Å². The molecule has 0 fully saturated rings. The van der Waals surface area contributed by atoms with Crippen LogP contribution >= 0.6 is 0 Å². The van der Waals surface area contributed by atoms with Crippen LogP contribution in [0.15, 0.2) is 89.7 Å². The minimum atomic E-state index is -0.124. The number of fused-ring (bicyclic) bond motifs is 3. The van der Waals surface area contributed by atoms with Crippen LogP contribution in [0, 0.1) is 0 Å². The van der Waals surface area contributed by atoms with E-state index in [4.69, 9.17) is 0 Å². The fourth-order valence-corrected chi connectivity index (χ4v) is 3.65. The van der Waals surface area contributed by atoms with Crippen LogP contribution in [0.4, 0.5) is 0 Å². The summed E-state index contributed by atoms with van der Waals surface area (Å²) in [5, 5.41) is 11.9. The average molecular weight is 367 g/mol. The summed E-state index contributed by atoms with van der Waals surface area (Å²) in [6.45, 7) is 0.372. The number of benzene rings is 3. The fourth-order valence-electron chi connectivity index (χ4n) is 3.65. The Morgan fingerprint density at radius 3 is 2.11 bits per heavy atom. The molecule has 5 nitrogen and oxygen atoms in total. The van der Waals surface area contributed by atoms with Crippen molar-refractivity contribution < 1.29 is 5.11 Å². The lowest BCUT2D eigenvalue weighted by atomic mass is 10.1. The maximum absolute atomic E-state index is 13.4. The Morgan fingerprint density at radius 2 is 1.39 bits per heavy atom. The predicted molar refractivity (Wildman–Crippen MR) is 110 cm³/mol. The van der Waals surface area contributed by atoms with Crippen molar-refractivity contribution in [1.29, 1.82) is 0 Å². The summed E-state index contributed by atoms with van der Waals surface area (Å²) in [7, 11) is 0. The highest BCUT2D eigenvalue weighted by Crippen LogP contribution is 2.30. The van der Waals surface area contributed by atoms with E-state index in [1.807, 2.05) is 78.9 Å². The third-order valence-corrected chi connectivity index (χ3v) is 4.93. The van der Waals surface area contributed by atoms with Crippen LogP contribution in [-0.2, 0) is 6.54 Å². The molecule has 2 heterocycles. The second-order valence-corrected chi connectivity index (χ2v) is 6.68. The van der Waals surface area contributed by atoms with Crippen LogP contribution in [-0.4, -0.2) is 19.3 Å². The van der Waals surface area contributed by atoms with Crippen molar-refractivity contribution in [3.63, 3.8) is 0 Å². The number of hydrogen-bond acceptors (Lipinski definition) is 3. The Labute approximate surface area is 160 Å². The molecule has 0 saturated heterocycles. The fraction of sp³-hybridized carbons (Fsp3) is 0.0435.